The number of H-pyrrole nitrogens is 1. The summed E-state index contributed by atoms with van der Waals surface area (Å²) in [5.74, 6) is 0. The van der Waals surface area contributed by atoms with Crippen LogP contribution >= 0.6 is 0 Å². The largest absolute Gasteiger partial charge is 0.444 e. The van der Waals surface area contributed by atoms with E-state index in [9.17, 15) is 24.0 Å². The van der Waals surface area contributed by atoms with Crippen molar-refractivity contribution in [2.75, 3.05) is 39.3 Å². The summed E-state index contributed by atoms with van der Waals surface area (Å²) in [5.41, 5.74) is 4.83. The zero-order chi connectivity index (χ0) is 45.9. The monoisotopic (exact) mass is 880 g/mol. The van der Waals surface area contributed by atoms with Crippen LogP contribution in [0.15, 0.2) is 87.2 Å². The molecular formula is C48H65N9O7. The van der Waals surface area contributed by atoms with E-state index in [1.165, 1.54) is 0 Å². The van der Waals surface area contributed by atoms with Gasteiger partial charge in [-0.15, -0.1) is 0 Å². The van der Waals surface area contributed by atoms with Crippen molar-refractivity contribution < 1.29 is 19.1 Å². The van der Waals surface area contributed by atoms with Gasteiger partial charge in [0.05, 0.1) is 33.1 Å². The summed E-state index contributed by atoms with van der Waals surface area (Å²) in [5, 5.41) is 3.34. The molecule has 3 saturated heterocycles. The van der Waals surface area contributed by atoms with Crippen molar-refractivity contribution in [2.24, 2.45) is 14.1 Å². The fourth-order valence-electron chi connectivity index (χ4n) is 9.11. The van der Waals surface area contributed by atoms with Crippen LogP contribution < -0.4 is 22.4 Å². The highest BCUT2D eigenvalue weighted by Crippen LogP contribution is 2.28. The molecule has 9 rings (SSSR count). The van der Waals surface area contributed by atoms with Gasteiger partial charge in [0.25, 0.3) is 0 Å². The minimum absolute atomic E-state index is 0.00641. The second kappa shape index (κ2) is 19.0. The SMILES string of the molecule is CC(C)(C)OC(=O)N1CCC(n2c(=O)[nH]c3ccccc32)CC1.Cn1c(=O)n(C2CCN(C(=O)OC(C)(C)C)CC2)c2ccccc21.Cn1c(=O)n(C2CCNCC2)c2ccccc21. The highest BCUT2D eigenvalue weighted by molar-refractivity contribution is 5.77. The van der Waals surface area contributed by atoms with Gasteiger partial charge in [-0.1, -0.05) is 36.4 Å². The number of nitrogens with zero attached hydrogens (tertiary/aromatic N) is 7. The van der Waals surface area contributed by atoms with E-state index in [2.05, 4.69) is 10.3 Å². The summed E-state index contributed by atoms with van der Waals surface area (Å²) in [7, 11) is 3.65. The van der Waals surface area contributed by atoms with Crippen LogP contribution in [0.25, 0.3) is 33.1 Å². The van der Waals surface area contributed by atoms with E-state index in [0.29, 0.717) is 32.2 Å². The first kappa shape index (κ1) is 46.0. The molecule has 0 atom stereocenters. The number of carbonyl (C=O) groups excluding carboxylic acids is 2. The van der Waals surface area contributed by atoms with Gasteiger partial charge in [-0.25, -0.2) is 24.0 Å². The zero-order valence-corrected chi connectivity index (χ0v) is 38.6. The molecule has 0 radical (unpaired) electrons. The van der Waals surface area contributed by atoms with Gasteiger partial charge in [0.2, 0.25) is 0 Å². The summed E-state index contributed by atoms with van der Waals surface area (Å²) in [6, 6.07) is 24.1. The van der Waals surface area contributed by atoms with Gasteiger partial charge in [0, 0.05) is 58.4 Å². The Kier molecular flexibility index (Phi) is 13.6. The lowest BCUT2D eigenvalue weighted by Crippen LogP contribution is -2.43. The number of hydrogen-bond donors (Lipinski definition) is 2. The number of likely N-dealkylation sites (tertiary alicyclic amines) is 2. The van der Waals surface area contributed by atoms with Crippen molar-refractivity contribution >= 4 is 45.3 Å². The minimum Gasteiger partial charge on any atom is -0.444 e. The van der Waals surface area contributed by atoms with Gasteiger partial charge in [-0.2, -0.15) is 0 Å². The number of aromatic amines is 1. The number of rotatable bonds is 3. The molecule has 3 aliphatic heterocycles. The first-order valence-corrected chi connectivity index (χ1v) is 22.6. The Morgan fingerprint density at radius 1 is 0.516 bits per heavy atom. The zero-order valence-electron chi connectivity index (χ0n) is 38.6. The number of benzene rings is 3. The summed E-state index contributed by atoms with van der Waals surface area (Å²) in [4.78, 5) is 67.8. The maximum Gasteiger partial charge on any atom is 0.410 e. The molecular weight excluding hydrogens is 815 g/mol. The van der Waals surface area contributed by atoms with E-state index in [4.69, 9.17) is 9.47 Å². The number of piperidine rings is 3. The van der Waals surface area contributed by atoms with Crippen LogP contribution in [0.4, 0.5) is 9.59 Å². The molecule has 0 saturated carbocycles. The number of nitrogens with one attached hydrogen (secondary N) is 2. The lowest BCUT2D eigenvalue weighted by Gasteiger charge is -2.33. The second-order valence-electron chi connectivity index (χ2n) is 19.1. The molecule has 344 valence electrons. The van der Waals surface area contributed by atoms with Gasteiger partial charge < -0.3 is 29.6 Å². The highest BCUT2D eigenvalue weighted by atomic mass is 16.6. The third-order valence-corrected chi connectivity index (χ3v) is 12.3. The fourth-order valence-corrected chi connectivity index (χ4v) is 9.11. The molecule has 3 aromatic heterocycles. The summed E-state index contributed by atoms with van der Waals surface area (Å²) in [6.45, 7) is 15.6. The standard InChI is InChI=1S/C18H25N3O3.C17H23N3O3.C13H17N3O/c1-18(2,3)24-17(23)20-11-9-13(10-12-20)21-15-8-6-5-7-14(15)19(4)16(21)22;1-17(2,3)23-16(22)19-10-8-12(9-11-19)20-14-7-5-4-6-13(14)18-15(20)21;1-15-11-4-2-3-5-12(11)16(13(15)17)10-6-8-14-9-7-10/h5-8,13H,9-12H2,1-4H3;4-7,12H,8-11H2,1-3H3,(H,18,21);2-5,10,14H,6-9H2,1H3. The quantitative estimate of drug-likeness (QED) is 0.191. The predicted molar refractivity (Wildman–Crippen MR) is 250 cm³/mol. The molecule has 2 N–H and O–H groups in total. The van der Waals surface area contributed by atoms with Crippen LogP contribution in [-0.4, -0.2) is 100 Å². The molecule has 3 fully saturated rings. The lowest BCUT2D eigenvalue weighted by atomic mass is 10.0. The van der Waals surface area contributed by atoms with Crippen LogP contribution in [0.1, 0.15) is 98.2 Å². The average Bonchev–Trinajstić information content (AvgIpc) is 3.84. The molecule has 6 heterocycles. The Hall–Kier alpha value is -6.03. The van der Waals surface area contributed by atoms with E-state index in [1.807, 2.05) is 135 Å². The topological polar surface area (TPSA) is 163 Å². The minimum atomic E-state index is -0.486. The van der Waals surface area contributed by atoms with Crippen LogP contribution in [0.5, 0.6) is 0 Å². The van der Waals surface area contributed by atoms with Crippen LogP contribution in [0, 0.1) is 0 Å². The van der Waals surface area contributed by atoms with Crippen molar-refractivity contribution in [3.8, 4) is 0 Å². The highest BCUT2D eigenvalue weighted by Gasteiger charge is 2.31. The Morgan fingerprint density at radius 3 is 1.30 bits per heavy atom. The number of fused-ring (bicyclic) bond motifs is 3. The first-order chi connectivity index (χ1) is 30.4. The summed E-state index contributed by atoms with van der Waals surface area (Å²) >= 11 is 0. The third kappa shape index (κ3) is 10.2. The number of hydrogen-bond acceptors (Lipinski definition) is 8. The summed E-state index contributed by atoms with van der Waals surface area (Å²) in [6.07, 6.45) is 4.54. The van der Waals surface area contributed by atoms with E-state index >= 15 is 0 Å². The number of aromatic nitrogens is 6. The summed E-state index contributed by atoms with van der Waals surface area (Å²) < 4.78 is 19.9. The van der Waals surface area contributed by atoms with Gasteiger partial charge in [0.1, 0.15) is 11.2 Å². The number of amides is 2. The molecule has 16 heteroatoms. The van der Waals surface area contributed by atoms with Crippen LogP contribution in [-0.2, 0) is 23.6 Å². The van der Waals surface area contributed by atoms with Gasteiger partial charge >= 0.3 is 29.3 Å². The molecule has 6 aromatic rings. The van der Waals surface area contributed by atoms with Crippen molar-refractivity contribution in [3.05, 3.63) is 104 Å². The maximum atomic E-state index is 12.6. The molecule has 2 amide bonds. The smallest absolute Gasteiger partial charge is 0.410 e. The second-order valence-corrected chi connectivity index (χ2v) is 19.1. The number of aryl methyl sites for hydroxylation is 2. The fraction of sp³-hybridized carbons (Fsp3) is 0.521. The molecule has 3 aliphatic rings. The van der Waals surface area contributed by atoms with E-state index < -0.39 is 11.2 Å². The van der Waals surface area contributed by atoms with Gasteiger partial charge in [-0.3, -0.25) is 22.8 Å². The number of ether oxygens (including phenoxy) is 2. The van der Waals surface area contributed by atoms with Gasteiger partial charge in [-0.05, 0) is 130 Å². The van der Waals surface area contributed by atoms with Crippen molar-refractivity contribution in [1.82, 2.24) is 42.9 Å². The Morgan fingerprint density at radius 2 is 0.875 bits per heavy atom. The Balaban J connectivity index is 0.000000146. The average molecular weight is 880 g/mol. The van der Waals surface area contributed by atoms with Crippen molar-refractivity contribution in [2.45, 2.75) is 109 Å². The third-order valence-electron chi connectivity index (χ3n) is 12.3. The van der Waals surface area contributed by atoms with Crippen LogP contribution in [0.3, 0.4) is 0 Å². The first-order valence-electron chi connectivity index (χ1n) is 22.6. The van der Waals surface area contributed by atoms with Crippen molar-refractivity contribution in [3.63, 3.8) is 0 Å². The number of carbonyl (C=O) groups is 2. The Labute approximate surface area is 373 Å². The predicted octanol–water partition coefficient (Wildman–Crippen LogP) is 7.08. The molecule has 0 unspecified atom stereocenters. The molecule has 0 aliphatic carbocycles. The van der Waals surface area contributed by atoms with E-state index in [1.54, 1.807) is 26.0 Å². The van der Waals surface area contributed by atoms with E-state index in [0.717, 1.165) is 84.7 Å². The van der Waals surface area contributed by atoms with Crippen molar-refractivity contribution in [1.29, 1.82) is 0 Å². The maximum absolute atomic E-state index is 12.6. The van der Waals surface area contributed by atoms with Gasteiger partial charge in [0.15, 0.2) is 0 Å². The molecule has 3 aromatic carbocycles. The van der Waals surface area contributed by atoms with Crippen LogP contribution in [0.2, 0.25) is 0 Å². The molecule has 64 heavy (non-hydrogen) atoms. The van der Waals surface area contributed by atoms with E-state index in [-0.39, 0.29) is 41.3 Å². The molecule has 0 spiro atoms. The lowest BCUT2D eigenvalue weighted by molar-refractivity contribution is 0.0178. The molecule has 16 nitrogen and oxygen atoms in total. The normalized spacial score (nSPS) is 16.9. The number of para-hydroxylation sites is 6. The Bertz CT molecular complexity index is 2750. The number of imidazole rings is 3. The molecule has 0 bridgehead atoms.